The van der Waals surface area contributed by atoms with Gasteiger partial charge >= 0.3 is 6.18 Å². The number of nitrogens with zero attached hydrogens (tertiary/aromatic N) is 3. The van der Waals surface area contributed by atoms with E-state index in [1.165, 1.54) is 4.90 Å². The molecule has 3 aliphatic rings. The highest BCUT2D eigenvalue weighted by Crippen LogP contribution is 2.57. The summed E-state index contributed by atoms with van der Waals surface area (Å²) in [7, 11) is -3.45. The molecule has 1 spiro atoms. The van der Waals surface area contributed by atoms with Crippen molar-refractivity contribution < 1.29 is 31.1 Å². The van der Waals surface area contributed by atoms with Gasteiger partial charge in [0.05, 0.1) is 25.4 Å². The molecule has 0 aliphatic carbocycles. The lowest BCUT2D eigenvalue weighted by Crippen LogP contribution is -2.62. The smallest absolute Gasteiger partial charge is 0.362 e. The van der Waals surface area contributed by atoms with Gasteiger partial charge in [0.1, 0.15) is 21.7 Å². The maximum absolute atomic E-state index is 14.3. The van der Waals surface area contributed by atoms with Crippen molar-refractivity contribution in [2.45, 2.75) is 29.6 Å². The summed E-state index contributed by atoms with van der Waals surface area (Å²) in [6, 6.07) is 7.52. The van der Waals surface area contributed by atoms with Gasteiger partial charge in [0.2, 0.25) is 5.91 Å². The fourth-order valence-electron chi connectivity index (χ4n) is 4.71. The number of carbonyl (C=O) groups is 1. The van der Waals surface area contributed by atoms with Crippen molar-refractivity contribution in [2.75, 3.05) is 25.1 Å². The summed E-state index contributed by atoms with van der Waals surface area (Å²) in [4.78, 5) is 17.3. The fraction of sp³-hybridized carbons (Fsp3) is 0.409. The van der Waals surface area contributed by atoms with Gasteiger partial charge in [-0.2, -0.15) is 13.2 Å². The molecule has 1 atom stereocenters. The number of hydrogen-bond acceptors (Lipinski definition) is 7. The van der Waals surface area contributed by atoms with Crippen molar-refractivity contribution in [3.8, 4) is 0 Å². The molecule has 7 nitrogen and oxygen atoms in total. The average Bonchev–Trinajstić information content (AvgIpc) is 3.33. The Morgan fingerprint density at radius 2 is 1.86 bits per heavy atom. The van der Waals surface area contributed by atoms with Gasteiger partial charge in [-0.05, 0) is 52.4 Å². The number of hydrogen-bond donors (Lipinski definition) is 0. The summed E-state index contributed by atoms with van der Waals surface area (Å²) in [5.41, 5.74) is 1.55. The van der Waals surface area contributed by atoms with Crippen LogP contribution in [-0.4, -0.2) is 61.2 Å². The zero-order valence-electron chi connectivity index (χ0n) is 18.6. The van der Waals surface area contributed by atoms with E-state index in [9.17, 15) is 26.4 Å². The first-order valence-corrected chi connectivity index (χ1v) is 14.2. The van der Waals surface area contributed by atoms with E-state index in [4.69, 9.17) is 27.9 Å². The van der Waals surface area contributed by atoms with Crippen molar-refractivity contribution >= 4 is 56.6 Å². The van der Waals surface area contributed by atoms with Crippen LogP contribution in [0.1, 0.15) is 28.7 Å². The maximum Gasteiger partial charge on any atom is 0.409 e. The van der Waals surface area contributed by atoms with Gasteiger partial charge in [0.25, 0.3) is 0 Å². The lowest BCUT2D eigenvalue weighted by molar-refractivity contribution is -0.166. The van der Waals surface area contributed by atoms with Gasteiger partial charge in [-0.3, -0.25) is 4.79 Å². The van der Waals surface area contributed by atoms with Crippen molar-refractivity contribution in [3.63, 3.8) is 0 Å². The molecule has 1 unspecified atom stereocenters. The Kier molecular flexibility index (Phi) is 6.15. The molecule has 1 fully saturated rings. The van der Waals surface area contributed by atoms with Gasteiger partial charge in [-0.1, -0.05) is 35.3 Å². The van der Waals surface area contributed by atoms with E-state index in [1.807, 2.05) is 0 Å². The number of likely N-dealkylation sites (tertiary alicyclic amines) is 1. The minimum absolute atomic E-state index is 0.125. The number of ether oxygens (including phenoxy) is 1. The lowest BCUT2D eigenvalue weighted by Gasteiger charge is -2.47. The third-order valence-electron chi connectivity index (χ3n) is 6.48. The van der Waals surface area contributed by atoms with Crippen LogP contribution in [0.25, 0.3) is 0 Å². The Balaban J connectivity index is 1.37. The average molecular weight is 580 g/mol. The predicted molar refractivity (Wildman–Crippen MR) is 130 cm³/mol. The zero-order chi connectivity index (χ0) is 26.1. The molecule has 2 aromatic rings. The number of rotatable bonds is 4. The quantitative estimate of drug-likeness (QED) is 0.396. The Hall–Kier alpha value is -1.86. The number of carbonyl (C=O) groups excluding carboxylic acids is 1. The summed E-state index contributed by atoms with van der Waals surface area (Å²) in [5.74, 6) is -1.06. The van der Waals surface area contributed by atoms with Crippen LogP contribution in [0.2, 0.25) is 10.3 Å². The molecular weight excluding hydrogens is 562 g/mol. The van der Waals surface area contributed by atoms with Gasteiger partial charge in [0.15, 0.2) is 14.6 Å². The number of fused-ring (bicyclic) bond motifs is 2. The first kappa shape index (κ1) is 25.8. The van der Waals surface area contributed by atoms with Crippen LogP contribution in [0.3, 0.4) is 0 Å². The molecule has 1 aromatic carbocycles. The molecule has 1 aromatic heterocycles. The van der Waals surface area contributed by atoms with Crippen LogP contribution < -0.4 is 0 Å². The topological polar surface area (TPSA) is 88.9 Å². The summed E-state index contributed by atoms with van der Waals surface area (Å²) < 4.78 is 73.6. The van der Waals surface area contributed by atoms with E-state index in [-0.39, 0.29) is 41.3 Å². The molecule has 1 saturated heterocycles. The fourth-order valence-corrected chi connectivity index (χ4v) is 6.77. The predicted octanol–water partition coefficient (Wildman–Crippen LogP) is 4.30. The largest absolute Gasteiger partial charge is 0.409 e. The standard InChI is InChI=1S/C22H18Cl2F3N3O4S2/c1-36(32,33)9-19(31)30-10-20(11-30)15-3-2-12(4-13(15)8-34-20)16-7-21(35-29-16,22(25,26)27)14-5-17(23)28-18(24)6-14/h2-6H,7-11H2,1H3. The molecular formula is C22H18Cl2F3N3O4S2. The van der Waals surface area contributed by atoms with Crippen LogP contribution in [-0.2, 0) is 36.3 Å². The normalized spacial score (nSPS) is 22.9. The number of halogens is 5. The maximum atomic E-state index is 14.3. The minimum Gasteiger partial charge on any atom is -0.362 e. The number of aromatic nitrogens is 1. The Labute approximate surface area is 219 Å². The highest BCUT2D eigenvalue weighted by Gasteiger charge is 2.60. The molecule has 5 rings (SSSR count). The van der Waals surface area contributed by atoms with Crippen molar-refractivity contribution in [1.29, 1.82) is 0 Å². The molecule has 36 heavy (non-hydrogen) atoms. The monoisotopic (exact) mass is 579 g/mol. The molecule has 14 heteroatoms. The second-order valence-corrected chi connectivity index (χ2v) is 13.1. The van der Waals surface area contributed by atoms with Crippen LogP contribution >= 0.6 is 35.1 Å². The van der Waals surface area contributed by atoms with Crippen LogP contribution in [0, 0.1) is 0 Å². The van der Waals surface area contributed by atoms with Crippen LogP contribution in [0.5, 0.6) is 0 Å². The number of sulfone groups is 1. The van der Waals surface area contributed by atoms with E-state index >= 15 is 0 Å². The zero-order valence-corrected chi connectivity index (χ0v) is 21.7. The summed E-state index contributed by atoms with van der Waals surface area (Å²) in [6.45, 7) is 0.647. The second-order valence-electron chi connectivity index (χ2n) is 9.11. The highest BCUT2D eigenvalue weighted by molar-refractivity contribution is 7.99. The molecule has 192 valence electrons. The highest BCUT2D eigenvalue weighted by atomic mass is 35.5. The molecule has 0 saturated carbocycles. The van der Waals surface area contributed by atoms with Crippen molar-refractivity contribution in [1.82, 2.24) is 9.88 Å². The van der Waals surface area contributed by atoms with E-state index < -0.39 is 44.4 Å². The van der Waals surface area contributed by atoms with Gasteiger partial charge < -0.3 is 9.64 Å². The third kappa shape index (κ3) is 4.40. The minimum atomic E-state index is -4.64. The molecule has 3 aliphatic heterocycles. The Bertz CT molecular complexity index is 1390. The summed E-state index contributed by atoms with van der Waals surface area (Å²) in [5, 5.41) is -0.278. The van der Waals surface area contributed by atoms with Gasteiger partial charge in [0, 0.05) is 12.7 Å². The molecule has 0 bridgehead atoms. The Morgan fingerprint density at radius 3 is 2.47 bits per heavy atom. The summed E-state index contributed by atoms with van der Waals surface area (Å²) in [6.07, 6.45) is -4.07. The molecule has 0 radical (unpaired) electrons. The molecule has 4 heterocycles. The number of amides is 1. The van der Waals surface area contributed by atoms with E-state index in [2.05, 4.69) is 9.38 Å². The summed E-state index contributed by atoms with van der Waals surface area (Å²) >= 11 is 12.2. The molecule has 0 N–H and O–H groups in total. The first-order chi connectivity index (χ1) is 16.7. The third-order valence-corrected chi connectivity index (χ3v) is 8.87. The number of benzene rings is 1. The van der Waals surface area contributed by atoms with Crippen molar-refractivity contribution in [2.24, 2.45) is 4.40 Å². The number of pyridine rings is 1. The lowest BCUT2D eigenvalue weighted by atomic mass is 9.83. The SMILES string of the molecule is CS(=O)(=O)CC(=O)N1CC2(C1)OCc1cc(C3=NSC(c4cc(Cl)nc(Cl)c4)(C(F)(F)F)C3)ccc12. The van der Waals surface area contributed by atoms with E-state index in [0.717, 1.165) is 29.5 Å². The van der Waals surface area contributed by atoms with E-state index in [0.29, 0.717) is 17.5 Å². The van der Waals surface area contributed by atoms with Gasteiger partial charge in [-0.15, -0.1) is 0 Å². The van der Waals surface area contributed by atoms with Crippen LogP contribution in [0.4, 0.5) is 13.2 Å². The van der Waals surface area contributed by atoms with Crippen LogP contribution in [0.15, 0.2) is 34.7 Å². The van der Waals surface area contributed by atoms with E-state index in [1.54, 1.807) is 18.2 Å². The first-order valence-electron chi connectivity index (χ1n) is 10.6. The second kappa shape index (κ2) is 8.59. The molecule has 1 amide bonds. The Morgan fingerprint density at radius 1 is 1.19 bits per heavy atom. The number of alkyl halides is 3. The van der Waals surface area contributed by atoms with Crippen molar-refractivity contribution in [3.05, 3.63) is 62.9 Å². The van der Waals surface area contributed by atoms with Gasteiger partial charge in [-0.25, -0.2) is 17.8 Å².